The van der Waals surface area contributed by atoms with E-state index in [1.165, 1.54) is 0 Å². The van der Waals surface area contributed by atoms with Crippen LogP contribution in [0.3, 0.4) is 0 Å². The molecule has 0 aliphatic heterocycles. The fraction of sp³-hybridized carbons (Fsp3) is 0.750. The average molecular weight is 458 g/mol. The molecule has 0 bridgehead atoms. The Morgan fingerprint density at radius 2 is 1.72 bits per heavy atom. The smallest absolute Gasteiger partial charge is 0.259 e. The van der Waals surface area contributed by atoms with Gasteiger partial charge in [0.15, 0.2) is 0 Å². The molecule has 18 heavy (non-hydrogen) atoms. The van der Waals surface area contributed by atoms with Crippen molar-refractivity contribution in [3.63, 3.8) is 0 Å². The van der Waals surface area contributed by atoms with E-state index >= 15 is 0 Å². The normalized spacial score (nSPS) is 18.6. The highest BCUT2D eigenvalue weighted by Gasteiger charge is 2.36. The lowest BCUT2D eigenvalue weighted by Crippen LogP contribution is -2.55. The highest BCUT2D eigenvalue weighted by Crippen LogP contribution is 2.33. The number of halogens is 3. The molecule has 0 rings (SSSR count). The van der Waals surface area contributed by atoms with Crippen molar-refractivity contribution in [1.82, 2.24) is 5.32 Å². The zero-order valence-corrected chi connectivity index (χ0v) is 13.6. The standard InChI is InChI=1S/C8H12Br3NO6/c9-8(10,11)7(18)12-3(1-13)5(16)6(17)4(15)2-14/h1,3-6,14-17H,2H2,(H,12,18)/t3-,4-,5-,6-/m1/s1. The van der Waals surface area contributed by atoms with Crippen LogP contribution < -0.4 is 5.32 Å². The van der Waals surface area contributed by atoms with Crippen LogP contribution in [0.25, 0.3) is 0 Å². The lowest BCUT2D eigenvalue weighted by molar-refractivity contribution is -0.130. The average Bonchev–Trinajstić information content (AvgIpc) is 2.31. The molecule has 0 unspecified atom stereocenters. The van der Waals surface area contributed by atoms with Crippen molar-refractivity contribution in [3.05, 3.63) is 0 Å². The Kier molecular flexibility index (Phi) is 8.06. The van der Waals surface area contributed by atoms with Crippen LogP contribution in [0.15, 0.2) is 0 Å². The minimum atomic E-state index is -1.78. The molecule has 0 aromatic heterocycles. The molecule has 10 heteroatoms. The van der Waals surface area contributed by atoms with Crippen molar-refractivity contribution in [2.24, 2.45) is 0 Å². The van der Waals surface area contributed by atoms with Gasteiger partial charge in [-0.15, -0.1) is 0 Å². The van der Waals surface area contributed by atoms with E-state index in [2.05, 4.69) is 53.1 Å². The summed E-state index contributed by atoms with van der Waals surface area (Å²) in [6.07, 6.45) is -4.96. The molecule has 0 spiro atoms. The van der Waals surface area contributed by atoms with Gasteiger partial charge in [0.2, 0.25) is 2.14 Å². The van der Waals surface area contributed by atoms with Crippen LogP contribution in [0.4, 0.5) is 0 Å². The second-order valence-electron chi connectivity index (χ2n) is 3.36. The Morgan fingerprint density at radius 3 is 2.06 bits per heavy atom. The van der Waals surface area contributed by atoms with Crippen LogP contribution in [-0.4, -0.2) is 65.7 Å². The lowest BCUT2D eigenvalue weighted by Gasteiger charge is -2.27. The highest BCUT2D eigenvalue weighted by molar-refractivity contribution is 9.40. The van der Waals surface area contributed by atoms with Gasteiger partial charge < -0.3 is 30.5 Å². The maximum atomic E-state index is 11.5. The lowest BCUT2D eigenvalue weighted by atomic mass is 10.0. The summed E-state index contributed by atoms with van der Waals surface area (Å²) >= 11 is 8.71. The van der Waals surface area contributed by atoms with E-state index in [1.54, 1.807) is 0 Å². The van der Waals surface area contributed by atoms with Crippen LogP contribution in [0.1, 0.15) is 0 Å². The number of carbonyl (C=O) groups excluding carboxylic acids is 2. The molecule has 0 saturated carbocycles. The number of aldehydes is 1. The summed E-state index contributed by atoms with van der Waals surface area (Å²) in [4.78, 5) is 22.2. The summed E-state index contributed by atoms with van der Waals surface area (Å²) in [5, 5.41) is 38.8. The Labute approximate surface area is 128 Å². The number of carbonyl (C=O) groups is 2. The minimum absolute atomic E-state index is 0.203. The topological polar surface area (TPSA) is 127 Å². The first kappa shape index (κ1) is 18.4. The van der Waals surface area contributed by atoms with Crippen molar-refractivity contribution >= 4 is 60.0 Å². The minimum Gasteiger partial charge on any atom is -0.394 e. The van der Waals surface area contributed by atoms with Gasteiger partial charge in [0.25, 0.3) is 5.91 Å². The van der Waals surface area contributed by atoms with Crippen molar-refractivity contribution in [1.29, 1.82) is 0 Å². The SMILES string of the molecule is O=C[C@@H](NC(=O)C(Br)(Br)Br)[C@@H](O)[C@H](O)[C@H](O)CO. The van der Waals surface area contributed by atoms with Gasteiger partial charge in [0.1, 0.15) is 30.6 Å². The van der Waals surface area contributed by atoms with Gasteiger partial charge in [0, 0.05) is 0 Å². The second kappa shape index (κ2) is 7.88. The molecular formula is C8H12Br3NO6. The molecule has 0 heterocycles. The van der Waals surface area contributed by atoms with Crippen molar-refractivity contribution in [3.8, 4) is 0 Å². The van der Waals surface area contributed by atoms with Crippen LogP contribution in [-0.2, 0) is 9.59 Å². The van der Waals surface area contributed by atoms with E-state index in [-0.39, 0.29) is 6.29 Å². The molecule has 7 nitrogen and oxygen atoms in total. The number of hydrogen-bond acceptors (Lipinski definition) is 6. The van der Waals surface area contributed by atoms with Crippen molar-refractivity contribution in [2.45, 2.75) is 26.5 Å². The molecule has 0 saturated heterocycles. The van der Waals surface area contributed by atoms with Crippen LogP contribution in [0.5, 0.6) is 0 Å². The zero-order chi connectivity index (χ0) is 14.5. The van der Waals surface area contributed by atoms with Gasteiger partial charge in [0.05, 0.1) is 6.61 Å². The Bertz CT molecular complexity index is 297. The fourth-order valence-corrected chi connectivity index (χ4v) is 1.32. The summed E-state index contributed by atoms with van der Waals surface area (Å²) in [7, 11) is 0. The van der Waals surface area contributed by atoms with E-state index < -0.39 is 39.0 Å². The molecule has 0 aliphatic carbocycles. The first-order chi connectivity index (χ1) is 8.15. The third-order valence-electron chi connectivity index (χ3n) is 2.00. The summed E-state index contributed by atoms with van der Waals surface area (Å²) in [6, 6.07) is -1.44. The third-order valence-corrected chi connectivity index (χ3v) is 3.08. The van der Waals surface area contributed by atoms with E-state index in [0.717, 1.165) is 0 Å². The molecule has 106 valence electrons. The molecule has 4 atom stereocenters. The van der Waals surface area contributed by atoms with Gasteiger partial charge >= 0.3 is 0 Å². The van der Waals surface area contributed by atoms with Gasteiger partial charge in [-0.2, -0.15) is 0 Å². The molecular weight excluding hydrogens is 446 g/mol. The predicted molar refractivity (Wildman–Crippen MR) is 72.6 cm³/mol. The monoisotopic (exact) mass is 455 g/mol. The van der Waals surface area contributed by atoms with Crippen LogP contribution in [0, 0.1) is 0 Å². The molecule has 0 radical (unpaired) electrons. The summed E-state index contributed by atoms with van der Waals surface area (Å²) < 4.78 is -1.32. The first-order valence-electron chi connectivity index (χ1n) is 4.63. The number of hydrogen-bond donors (Lipinski definition) is 5. The quantitative estimate of drug-likeness (QED) is 0.246. The highest BCUT2D eigenvalue weighted by atomic mass is 80.0. The number of nitrogens with one attached hydrogen (secondary N) is 1. The third kappa shape index (κ3) is 5.59. The largest absolute Gasteiger partial charge is 0.394 e. The molecule has 0 aromatic carbocycles. The molecule has 0 aliphatic rings. The maximum absolute atomic E-state index is 11.5. The van der Waals surface area contributed by atoms with E-state index in [0.29, 0.717) is 0 Å². The van der Waals surface area contributed by atoms with Crippen molar-refractivity contribution in [2.75, 3.05) is 6.61 Å². The molecule has 0 aromatic rings. The summed E-state index contributed by atoms with van der Waals surface area (Å²) in [6.45, 7) is -0.795. The second-order valence-corrected chi connectivity index (χ2v) is 10.1. The Hall–Kier alpha value is 0.420. The summed E-state index contributed by atoms with van der Waals surface area (Å²) in [5.41, 5.74) is 0. The number of aliphatic hydroxyl groups excluding tert-OH is 4. The maximum Gasteiger partial charge on any atom is 0.259 e. The zero-order valence-electron chi connectivity index (χ0n) is 8.83. The molecule has 1 amide bonds. The number of aliphatic hydroxyl groups is 4. The Morgan fingerprint density at radius 1 is 1.22 bits per heavy atom. The Balaban J connectivity index is 4.69. The van der Waals surface area contributed by atoms with Gasteiger partial charge in [-0.05, 0) is 47.8 Å². The number of alkyl halides is 3. The molecule has 5 N–H and O–H groups in total. The number of rotatable bonds is 6. The number of amides is 1. The van der Waals surface area contributed by atoms with Crippen molar-refractivity contribution < 1.29 is 30.0 Å². The van der Waals surface area contributed by atoms with E-state index in [9.17, 15) is 19.8 Å². The van der Waals surface area contributed by atoms with Gasteiger partial charge in [-0.25, -0.2) is 0 Å². The molecule has 0 fully saturated rings. The predicted octanol–water partition coefficient (Wildman–Crippen LogP) is -1.42. The van der Waals surface area contributed by atoms with Crippen LogP contribution >= 0.6 is 47.8 Å². The fourth-order valence-electron chi connectivity index (χ4n) is 0.981. The summed E-state index contributed by atoms with van der Waals surface area (Å²) in [5.74, 6) is -0.732. The van der Waals surface area contributed by atoms with Crippen LogP contribution in [0.2, 0.25) is 0 Å². The van der Waals surface area contributed by atoms with E-state index in [4.69, 9.17) is 10.2 Å². The van der Waals surface area contributed by atoms with Gasteiger partial charge in [-0.1, -0.05) is 0 Å². The van der Waals surface area contributed by atoms with E-state index in [1.807, 2.05) is 0 Å². The van der Waals surface area contributed by atoms with Gasteiger partial charge in [-0.3, -0.25) is 4.79 Å². The first-order valence-corrected chi connectivity index (χ1v) is 7.01.